The van der Waals surface area contributed by atoms with Crippen molar-refractivity contribution in [3.63, 3.8) is 0 Å². The number of hydrogen-bond donors (Lipinski definition) is 0. The molecular formula is C19H22F6N2O3S. The van der Waals surface area contributed by atoms with E-state index in [1.54, 1.807) is 0 Å². The van der Waals surface area contributed by atoms with Gasteiger partial charge in [-0.15, -0.1) is 0 Å². The minimum atomic E-state index is -4.69. The molecule has 0 aromatic heterocycles. The molecule has 2 unspecified atom stereocenters. The zero-order chi connectivity index (χ0) is 23.0. The lowest BCUT2D eigenvalue weighted by Gasteiger charge is -2.38. The van der Waals surface area contributed by atoms with Crippen LogP contribution in [0.2, 0.25) is 0 Å². The summed E-state index contributed by atoms with van der Waals surface area (Å²) in [5.74, 6) is -2.70. The van der Waals surface area contributed by atoms with Gasteiger partial charge in [-0.3, -0.25) is 4.79 Å². The molecule has 1 saturated carbocycles. The summed E-state index contributed by atoms with van der Waals surface area (Å²) in [6, 6.07) is 3.41. The lowest BCUT2D eigenvalue weighted by atomic mass is 9.80. The first-order chi connectivity index (χ1) is 14.3. The highest BCUT2D eigenvalue weighted by Gasteiger charge is 2.44. The van der Waals surface area contributed by atoms with Crippen molar-refractivity contribution >= 4 is 15.9 Å². The van der Waals surface area contributed by atoms with Crippen molar-refractivity contribution in [1.82, 2.24) is 9.21 Å². The van der Waals surface area contributed by atoms with Crippen molar-refractivity contribution < 1.29 is 39.6 Å². The largest absolute Gasteiger partial charge is 0.416 e. The average molecular weight is 472 g/mol. The van der Waals surface area contributed by atoms with Crippen molar-refractivity contribution in [2.75, 3.05) is 26.2 Å². The summed E-state index contributed by atoms with van der Waals surface area (Å²) in [6.45, 7) is -0.326. The molecule has 1 aliphatic heterocycles. The molecule has 31 heavy (non-hydrogen) atoms. The Bertz CT molecular complexity index is 908. The predicted octanol–water partition coefficient (Wildman–Crippen LogP) is 3.91. The third-order valence-electron chi connectivity index (χ3n) is 5.84. The molecule has 1 aromatic rings. The summed E-state index contributed by atoms with van der Waals surface area (Å²) < 4.78 is 104. The molecule has 2 fully saturated rings. The van der Waals surface area contributed by atoms with E-state index in [-0.39, 0.29) is 39.0 Å². The Hall–Kier alpha value is -1.82. The monoisotopic (exact) mass is 472 g/mol. The molecule has 0 radical (unpaired) electrons. The Labute approximate surface area is 176 Å². The van der Waals surface area contributed by atoms with Crippen molar-refractivity contribution in [2.45, 2.75) is 42.9 Å². The summed E-state index contributed by atoms with van der Waals surface area (Å²) in [7, 11) is -4.20. The Balaban J connectivity index is 1.64. The molecule has 5 nitrogen and oxygen atoms in total. The van der Waals surface area contributed by atoms with E-state index in [0.717, 1.165) is 22.5 Å². The van der Waals surface area contributed by atoms with Crippen LogP contribution >= 0.6 is 0 Å². The predicted molar refractivity (Wildman–Crippen MR) is 98.3 cm³/mol. The van der Waals surface area contributed by atoms with Crippen molar-refractivity contribution in [3.05, 3.63) is 29.8 Å². The van der Waals surface area contributed by atoms with Crippen LogP contribution in [0.3, 0.4) is 0 Å². The first-order valence-corrected chi connectivity index (χ1v) is 11.3. The van der Waals surface area contributed by atoms with E-state index in [1.807, 2.05) is 0 Å². The maximum absolute atomic E-state index is 13.0. The number of alkyl halides is 6. The number of nitrogens with zero attached hydrogens (tertiary/aromatic N) is 2. The number of sulfonamides is 1. The van der Waals surface area contributed by atoms with Crippen LogP contribution < -0.4 is 0 Å². The molecule has 174 valence electrons. The highest BCUT2D eigenvalue weighted by atomic mass is 32.2. The van der Waals surface area contributed by atoms with E-state index < -0.39 is 50.6 Å². The third kappa shape index (κ3) is 5.33. The van der Waals surface area contributed by atoms with Gasteiger partial charge in [0.05, 0.1) is 16.4 Å². The van der Waals surface area contributed by atoms with Gasteiger partial charge in [0.1, 0.15) is 0 Å². The van der Waals surface area contributed by atoms with Gasteiger partial charge in [-0.1, -0.05) is 12.5 Å². The quantitative estimate of drug-likeness (QED) is 0.627. The number of halogens is 6. The van der Waals surface area contributed by atoms with E-state index in [9.17, 15) is 39.6 Å². The minimum absolute atomic E-state index is 0.00368. The fourth-order valence-corrected chi connectivity index (χ4v) is 5.57. The Morgan fingerprint density at radius 2 is 1.61 bits per heavy atom. The zero-order valence-corrected chi connectivity index (χ0v) is 17.2. The second-order valence-corrected chi connectivity index (χ2v) is 9.79. The number of rotatable bonds is 3. The highest BCUT2D eigenvalue weighted by molar-refractivity contribution is 7.89. The van der Waals surface area contributed by atoms with Crippen molar-refractivity contribution in [2.24, 2.45) is 11.8 Å². The van der Waals surface area contributed by atoms with Gasteiger partial charge >= 0.3 is 12.4 Å². The molecule has 0 bridgehead atoms. The van der Waals surface area contributed by atoms with Gasteiger partial charge in [-0.05, 0) is 37.5 Å². The topological polar surface area (TPSA) is 57.7 Å². The van der Waals surface area contributed by atoms with Crippen LogP contribution in [0.15, 0.2) is 29.2 Å². The summed E-state index contributed by atoms with van der Waals surface area (Å²) >= 11 is 0. The molecule has 2 aliphatic rings. The maximum atomic E-state index is 13.0. The van der Waals surface area contributed by atoms with Crippen molar-refractivity contribution in [1.29, 1.82) is 0 Å². The van der Waals surface area contributed by atoms with E-state index in [0.29, 0.717) is 18.9 Å². The molecule has 1 saturated heterocycles. The molecular weight excluding hydrogens is 450 g/mol. The fourth-order valence-electron chi connectivity index (χ4n) is 4.10. The Morgan fingerprint density at radius 1 is 0.968 bits per heavy atom. The molecule has 1 amide bonds. The molecule has 0 N–H and O–H groups in total. The molecule has 12 heteroatoms. The average Bonchev–Trinajstić information content (AvgIpc) is 2.72. The number of amides is 1. The molecule has 0 spiro atoms. The Morgan fingerprint density at radius 3 is 2.19 bits per heavy atom. The van der Waals surface area contributed by atoms with Crippen LogP contribution in [0, 0.1) is 11.8 Å². The van der Waals surface area contributed by atoms with Gasteiger partial charge < -0.3 is 4.90 Å². The van der Waals surface area contributed by atoms with E-state index >= 15 is 0 Å². The van der Waals surface area contributed by atoms with Crippen LogP contribution in [0.25, 0.3) is 0 Å². The van der Waals surface area contributed by atoms with Crippen LogP contribution in [0.5, 0.6) is 0 Å². The van der Waals surface area contributed by atoms with Gasteiger partial charge in [0, 0.05) is 32.1 Å². The number of benzene rings is 1. The third-order valence-corrected chi connectivity index (χ3v) is 7.73. The molecule has 1 aliphatic carbocycles. The summed E-state index contributed by atoms with van der Waals surface area (Å²) in [4.78, 5) is 13.5. The molecule has 3 rings (SSSR count). The van der Waals surface area contributed by atoms with E-state index in [4.69, 9.17) is 0 Å². The standard InChI is InChI=1S/C19H22F6N2O3S/c20-18(21,22)14-4-1-3-13(11-14)17(28)26-7-9-27(10-8-26)31(29,30)16-6-2-5-15(12-16)19(23,24)25/h2,5-6,12-14H,1,3-4,7-11H2. The maximum Gasteiger partial charge on any atom is 0.416 e. The van der Waals surface area contributed by atoms with Crippen LogP contribution in [0.1, 0.15) is 31.2 Å². The van der Waals surface area contributed by atoms with Crippen LogP contribution in [0.4, 0.5) is 26.3 Å². The smallest absolute Gasteiger partial charge is 0.340 e. The summed E-state index contributed by atoms with van der Waals surface area (Å²) in [5, 5.41) is 0. The van der Waals surface area contributed by atoms with E-state index in [1.165, 1.54) is 4.90 Å². The summed E-state index contributed by atoms with van der Waals surface area (Å²) in [5.41, 5.74) is -1.08. The molecule has 1 aromatic carbocycles. The number of piperazine rings is 1. The van der Waals surface area contributed by atoms with Gasteiger partial charge in [0.2, 0.25) is 15.9 Å². The lowest BCUT2D eigenvalue weighted by Crippen LogP contribution is -2.52. The van der Waals surface area contributed by atoms with Gasteiger partial charge in [0.25, 0.3) is 0 Å². The van der Waals surface area contributed by atoms with Crippen LogP contribution in [-0.2, 0) is 21.0 Å². The lowest BCUT2D eigenvalue weighted by molar-refractivity contribution is -0.187. The summed E-state index contributed by atoms with van der Waals surface area (Å²) in [6.07, 6.45) is -8.67. The van der Waals surface area contributed by atoms with Crippen molar-refractivity contribution in [3.8, 4) is 0 Å². The first-order valence-electron chi connectivity index (χ1n) is 9.83. The minimum Gasteiger partial charge on any atom is -0.340 e. The second kappa shape index (κ2) is 8.61. The second-order valence-electron chi connectivity index (χ2n) is 7.86. The van der Waals surface area contributed by atoms with Gasteiger partial charge in [0.15, 0.2) is 0 Å². The fraction of sp³-hybridized carbons (Fsp3) is 0.632. The van der Waals surface area contributed by atoms with Crippen LogP contribution in [-0.4, -0.2) is 55.9 Å². The number of hydrogen-bond acceptors (Lipinski definition) is 3. The SMILES string of the molecule is O=C(C1CCCC(C(F)(F)F)C1)N1CCN(S(=O)(=O)c2cccc(C(F)(F)F)c2)CC1. The molecule has 2 atom stereocenters. The normalized spacial score (nSPS) is 24.3. The van der Waals surface area contributed by atoms with E-state index in [2.05, 4.69) is 0 Å². The molecule has 1 heterocycles. The first kappa shape index (κ1) is 23.8. The Kier molecular flexibility index (Phi) is 6.62. The van der Waals surface area contributed by atoms with Gasteiger partial charge in [-0.2, -0.15) is 30.6 Å². The van der Waals surface area contributed by atoms with Gasteiger partial charge in [-0.25, -0.2) is 8.42 Å². The number of carbonyl (C=O) groups excluding carboxylic acids is 1. The zero-order valence-electron chi connectivity index (χ0n) is 16.4. The highest BCUT2D eigenvalue weighted by Crippen LogP contribution is 2.40. The number of carbonyl (C=O) groups is 1.